The van der Waals surface area contributed by atoms with Gasteiger partial charge in [-0.3, -0.25) is 14.9 Å². The van der Waals surface area contributed by atoms with Gasteiger partial charge in [-0.05, 0) is 48.2 Å². The number of amides is 1. The third kappa shape index (κ3) is 6.02. The van der Waals surface area contributed by atoms with Crippen LogP contribution in [0.25, 0.3) is 10.2 Å². The second kappa shape index (κ2) is 10.2. The van der Waals surface area contributed by atoms with Crippen molar-refractivity contribution in [3.8, 4) is 5.75 Å². The molecule has 1 amide bonds. The largest absolute Gasteiger partial charge is 0.482 e. The van der Waals surface area contributed by atoms with Crippen molar-refractivity contribution in [3.63, 3.8) is 0 Å². The van der Waals surface area contributed by atoms with E-state index in [2.05, 4.69) is 15.5 Å². The van der Waals surface area contributed by atoms with Crippen LogP contribution < -0.4 is 10.2 Å². The van der Waals surface area contributed by atoms with Crippen LogP contribution in [0.5, 0.6) is 5.75 Å². The van der Waals surface area contributed by atoms with E-state index in [1.54, 1.807) is 30.3 Å². The van der Waals surface area contributed by atoms with Crippen LogP contribution in [0.4, 0.5) is 5.69 Å². The number of hydrazone groups is 1. The minimum atomic E-state index is -0.484. The zero-order valence-electron chi connectivity index (χ0n) is 16.4. The molecule has 0 aliphatic carbocycles. The van der Waals surface area contributed by atoms with Crippen LogP contribution in [0.15, 0.2) is 67.5 Å². The number of aromatic nitrogens is 1. The Bertz CT molecular complexity index is 1370. The van der Waals surface area contributed by atoms with Crippen molar-refractivity contribution in [2.24, 2.45) is 5.10 Å². The van der Waals surface area contributed by atoms with Gasteiger partial charge in [0, 0.05) is 17.2 Å². The number of hydrogen-bond donors (Lipinski definition) is 1. The smallest absolute Gasteiger partial charge is 0.277 e. The number of nitro benzene ring substituents is 1. The molecule has 0 saturated heterocycles. The molecule has 4 aromatic rings. The number of rotatable bonds is 8. The highest BCUT2D eigenvalue weighted by molar-refractivity contribution is 8.01. The molecule has 0 spiro atoms. The maximum atomic E-state index is 11.9. The highest BCUT2D eigenvalue weighted by Gasteiger charge is 2.12. The summed E-state index contributed by atoms with van der Waals surface area (Å²) in [7, 11) is 0. The Balaban J connectivity index is 1.30. The molecular formula is C20H12Cl2N4O5S2. The maximum Gasteiger partial charge on any atom is 0.277 e. The van der Waals surface area contributed by atoms with Gasteiger partial charge in [0.15, 0.2) is 16.0 Å². The number of furan rings is 1. The summed E-state index contributed by atoms with van der Waals surface area (Å²) in [5, 5.41) is 16.1. The number of nitrogens with zero attached hydrogens (tertiary/aromatic N) is 3. The van der Waals surface area contributed by atoms with Crippen LogP contribution in [-0.4, -0.2) is 28.6 Å². The normalized spacial score (nSPS) is 11.2. The minimum absolute atomic E-state index is 0.0166. The summed E-state index contributed by atoms with van der Waals surface area (Å²) in [5.74, 6) is 0.260. The molecule has 0 unspecified atom stereocenters. The number of benzene rings is 2. The third-order valence-corrected chi connectivity index (χ3v) is 6.52. The van der Waals surface area contributed by atoms with Crippen LogP contribution in [0.3, 0.4) is 0 Å². The summed E-state index contributed by atoms with van der Waals surface area (Å²) in [6.07, 6.45) is 1.35. The lowest BCUT2D eigenvalue weighted by Crippen LogP contribution is -2.24. The number of non-ortho nitro benzene ring substituents is 1. The molecule has 2 aromatic carbocycles. The molecule has 0 bridgehead atoms. The number of hydrogen-bond acceptors (Lipinski definition) is 9. The summed E-state index contributed by atoms with van der Waals surface area (Å²) in [5.41, 5.74) is 3.02. The quantitative estimate of drug-likeness (QED) is 0.176. The van der Waals surface area contributed by atoms with Crippen molar-refractivity contribution in [1.29, 1.82) is 0 Å². The molecule has 0 fully saturated rings. The topological polar surface area (TPSA) is 120 Å². The molecular weight excluding hydrogens is 511 g/mol. The van der Waals surface area contributed by atoms with E-state index >= 15 is 0 Å². The predicted molar refractivity (Wildman–Crippen MR) is 127 cm³/mol. The fourth-order valence-electron chi connectivity index (χ4n) is 2.53. The summed E-state index contributed by atoms with van der Waals surface area (Å²) in [4.78, 5) is 26.8. The molecule has 1 N–H and O–H groups in total. The fraction of sp³-hybridized carbons (Fsp3) is 0.0500. The van der Waals surface area contributed by atoms with E-state index in [9.17, 15) is 14.9 Å². The van der Waals surface area contributed by atoms with Gasteiger partial charge < -0.3 is 9.15 Å². The van der Waals surface area contributed by atoms with Gasteiger partial charge in [0.05, 0.1) is 26.4 Å². The first-order valence-corrected chi connectivity index (χ1v) is 11.5. The van der Waals surface area contributed by atoms with E-state index in [0.717, 1.165) is 0 Å². The molecule has 0 aliphatic heterocycles. The lowest BCUT2D eigenvalue weighted by atomic mass is 10.3. The van der Waals surface area contributed by atoms with E-state index in [1.807, 2.05) is 0 Å². The summed E-state index contributed by atoms with van der Waals surface area (Å²) >= 11 is 14.4. The van der Waals surface area contributed by atoms with Crippen LogP contribution >= 0.6 is 46.3 Å². The van der Waals surface area contributed by atoms with Crippen molar-refractivity contribution < 1.29 is 18.9 Å². The zero-order valence-corrected chi connectivity index (χ0v) is 19.5. The highest BCUT2D eigenvalue weighted by Crippen LogP contribution is 2.36. The SMILES string of the molecule is O=C(COc1ccc(Cl)cc1Cl)N/N=C\c1ccc(Sc2nc3ccc([N+](=O)[O-])cc3s2)o1. The molecule has 0 aliphatic rings. The Morgan fingerprint density at radius 2 is 2.12 bits per heavy atom. The summed E-state index contributed by atoms with van der Waals surface area (Å²) < 4.78 is 12.4. The minimum Gasteiger partial charge on any atom is -0.482 e. The first-order valence-electron chi connectivity index (χ1n) is 9.10. The first kappa shape index (κ1) is 23.1. The van der Waals surface area contributed by atoms with Crippen molar-refractivity contribution in [1.82, 2.24) is 10.4 Å². The standard InChI is InChI=1S/C20H12Cl2N4O5S2/c21-11-1-5-16(14(22)7-11)30-10-18(27)25-23-9-13-3-6-19(31-13)33-20-24-15-4-2-12(26(28)29)8-17(15)32-20/h1-9H,10H2,(H,25,27)/b23-9-. The lowest BCUT2D eigenvalue weighted by molar-refractivity contribution is -0.384. The average molecular weight is 523 g/mol. The van der Waals surface area contributed by atoms with Crippen LogP contribution in [0, 0.1) is 10.1 Å². The molecule has 0 saturated carbocycles. The van der Waals surface area contributed by atoms with Crippen LogP contribution in [-0.2, 0) is 4.79 Å². The average Bonchev–Trinajstić information content (AvgIpc) is 3.38. The van der Waals surface area contributed by atoms with Gasteiger partial charge in [0.2, 0.25) is 0 Å². The van der Waals surface area contributed by atoms with Gasteiger partial charge in [-0.1, -0.05) is 23.2 Å². The van der Waals surface area contributed by atoms with E-state index < -0.39 is 10.8 Å². The lowest BCUT2D eigenvalue weighted by Gasteiger charge is -2.06. The Hall–Kier alpha value is -3.12. The van der Waals surface area contributed by atoms with Crippen molar-refractivity contribution in [2.75, 3.05) is 6.61 Å². The highest BCUT2D eigenvalue weighted by atomic mass is 35.5. The number of thiazole rings is 1. The molecule has 0 atom stereocenters. The summed E-state index contributed by atoms with van der Waals surface area (Å²) in [6, 6.07) is 12.6. The zero-order chi connectivity index (χ0) is 23.4. The Kier molecular flexibility index (Phi) is 7.14. The second-order valence-electron chi connectivity index (χ2n) is 6.30. The third-order valence-electron chi connectivity index (χ3n) is 3.99. The van der Waals surface area contributed by atoms with Crippen molar-refractivity contribution in [2.45, 2.75) is 9.43 Å². The van der Waals surface area contributed by atoms with Crippen LogP contribution in [0.2, 0.25) is 10.0 Å². The molecule has 33 heavy (non-hydrogen) atoms. The van der Waals surface area contributed by atoms with E-state index in [4.69, 9.17) is 32.4 Å². The van der Waals surface area contributed by atoms with Gasteiger partial charge in [0.1, 0.15) is 11.5 Å². The number of carbonyl (C=O) groups excluding carboxylic acids is 1. The second-order valence-corrected chi connectivity index (χ2v) is 9.43. The van der Waals surface area contributed by atoms with E-state index in [1.165, 1.54) is 47.5 Å². The Morgan fingerprint density at radius 1 is 1.27 bits per heavy atom. The number of ether oxygens (including phenoxy) is 1. The van der Waals surface area contributed by atoms with Crippen molar-refractivity contribution >= 4 is 74.3 Å². The molecule has 13 heteroatoms. The maximum absolute atomic E-state index is 11.9. The number of fused-ring (bicyclic) bond motifs is 1. The van der Waals surface area contributed by atoms with Gasteiger partial charge in [-0.15, -0.1) is 11.3 Å². The van der Waals surface area contributed by atoms with Gasteiger partial charge in [-0.2, -0.15) is 5.10 Å². The van der Waals surface area contributed by atoms with Gasteiger partial charge >= 0.3 is 0 Å². The fourth-order valence-corrected chi connectivity index (χ4v) is 5.00. The van der Waals surface area contributed by atoms with Gasteiger partial charge in [0.25, 0.3) is 11.6 Å². The monoisotopic (exact) mass is 522 g/mol. The number of nitrogens with one attached hydrogen (secondary N) is 1. The predicted octanol–water partition coefficient (Wildman–Crippen LogP) is 5.78. The van der Waals surface area contributed by atoms with E-state index in [0.29, 0.717) is 41.2 Å². The molecule has 0 radical (unpaired) electrons. The van der Waals surface area contributed by atoms with Crippen molar-refractivity contribution in [3.05, 3.63) is 74.5 Å². The van der Waals surface area contributed by atoms with Crippen LogP contribution in [0.1, 0.15) is 5.76 Å². The number of halogens is 2. The molecule has 4 rings (SSSR count). The Labute approximate surface area is 204 Å². The van der Waals surface area contributed by atoms with E-state index in [-0.39, 0.29) is 12.3 Å². The first-order chi connectivity index (χ1) is 15.9. The number of nitro groups is 1. The molecule has 168 valence electrons. The molecule has 2 aromatic heterocycles. The number of carbonyl (C=O) groups is 1. The molecule has 2 heterocycles. The van der Waals surface area contributed by atoms with Gasteiger partial charge in [-0.25, -0.2) is 10.4 Å². The Morgan fingerprint density at radius 3 is 2.91 bits per heavy atom. The summed E-state index contributed by atoms with van der Waals surface area (Å²) in [6.45, 7) is -0.284. The molecule has 9 nitrogen and oxygen atoms in total.